The molecule has 9 heteroatoms. The van der Waals surface area contributed by atoms with Gasteiger partial charge < -0.3 is 9.47 Å². The number of ether oxygens (including phenoxy) is 2. The number of hydrogen-bond donors (Lipinski definition) is 0. The number of carbonyl (C=O) groups is 1. The molecule has 5 rings (SSSR count). The lowest BCUT2D eigenvalue weighted by Gasteiger charge is -2.61. The van der Waals surface area contributed by atoms with Gasteiger partial charge in [-0.1, -0.05) is 53.9 Å². The Morgan fingerprint density at radius 2 is 1.44 bits per heavy atom. The van der Waals surface area contributed by atoms with E-state index in [0.29, 0.717) is 48.1 Å². The number of fused-ring (bicyclic) bond motifs is 5. The summed E-state index contributed by atoms with van der Waals surface area (Å²) < 4.78 is 89.8. The fourth-order valence-electron chi connectivity index (χ4n) is 11.3. The van der Waals surface area contributed by atoms with Crippen LogP contribution in [-0.2, 0) is 21.9 Å². The number of alkyl halides is 6. The molecule has 0 heterocycles. The number of rotatable bonds is 13. The molecule has 0 radical (unpaired) electrons. The minimum absolute atomic E-state index is 0.0449. The van der Waals surface area contributed by atoms with Gasteiger partial charge in [-0.15, -0.1) is 0 Å². The molecule has 0 spiro atoms. The third-order valence-corrected chi connectivity index (χ3v) is 14.0. The van der Waals surface area contributed by atoms with Gasteiger partial charge in [0.15, 0.2) is 0 Å². The molecule has 1 aromatic carbocycles. The largest absolute Gasteiger partial charge is 0.494 e. The Morgan fingerprint density at radius 1 is 0.780 bits per heavy atom. The average molecular weight is 715 g/mol. The molecule has 50 heavy (non-hydrogen) atoms. The fraction of sp³-hybridized carbons (Fsp3) is 0.829. The monoisotopic (exact) mass is 714 g/mol. The van der Waals surface area contributed by atoms with Crippen molar-refractivity contribution in [3.63, 3.8) is 0 Å². The Balaban J connectivity index is 1.04. The van der Waals surface area contributed by atoms with Crippen molar-refractivity contribution in [2.75, 3.05) is 6.61 Å². The SMILES string of the molecule is CC(C)CCCC(C)C1CCC2C3CCC4CC(OC(=O)CCCCCOc5cc(C(F)(F)F)cc(C(F)(F)F)c5)CCC4(C)C3CCC12C. The van der Waals surface area contributed by atoms with E-state index in [2.05, 4.69) is 34.6 Å². The number of carbonyl (C=O) groups excluding carboxylic acids is 1. The van der Waals surface area contributed by atoms with Crippen molar-refractivity contribution in [2.24, 2.45) is 52.3 Å². The van der Waals surface area contributed by atoms with Gasteiger partial charge in [-0.2, -0.15) is 26.3 Å². The van der Waals surface area contributed by atoms with E-state index in [1.54, 1.807) is 0 Å². The van der Waals surface area contributed by atoms with Crippen molar-refractivity contribution < 1.29 is 40.6 Å². The molecule has 4 aliphatic rings. The van der Waals surface area contributed by atoms with Crippen LogP contribution in [0.1, 0.15) is 148 Å². The van der Waals surface area contributed by atoms with Crippen molar-refractivity contribution in [3.05, 3.63) is 29.3 Å². The topological polar surface area (TPSA) is 35.5 Å². The molecular weight excluding hydrogens is 654 g/mol. The molecule has 0 N–H and O–H groups in total. The van der Waals surface area contributed by atoms with Crippen LogP contribution >= 0.6 is 0 Å². The lowest BCUT2D eigenvalue weighted by atomic mass is 9.44. The summed E-state index contributed by atoms with van der Waals surface area (Å²) in [7, 11) is 0. The molecule has 0 saturated heterocycles. The lowest BCUT2D eigenvalue weighted by Crippen LogP contribution is -2.54. The van der Waals surface area contributed by atoms with E-state index in [-0.39, 0.29) is 31.2 Å². The normalized spacial score (nSPS) is 33.4. The predicted octanol–water partition coefficient (Wildman–Crippen LogP) is 12.7. The molecule has 0 amide bonds. The highest BCUT2D eigenvalue weighted by atomic mass is 19.4. The van der Waals surface area contributed by atoms with Gasteiger partial charge in [0.25, 0.3) is 0 Å². The van der Waals surface area contributed by atoms with Gasteiger partial charge in [0.05, 0.1) is 17.7 Å². The van der Waals surface area contributed by atoms with E-state index in [0.717, 1.165) is 54.8 Å². The molecule has 4 fully saturated rings. The van der Waals surface area contributed by atoms with E-state index in [1.807, 2.05) is 0 Å². The first-order valence-electron chi connectivity index (χ1n) is 19.5. The molecule has 0 bridgehead atoms. The van der Waals surface area contributed by atoms with Gasteiger partial charge in [0, 0.05) is 6.42 Å². The minimum atomic E-state index is -4.92. The Kier molecular flexibility index (Phi) is 12.2. The summed E-state index contributed by atoms with van der Waals surface area (Å²) in [4.78, 5) is 12.8. The Bertz CT molecular complexity index is 1260. The lowest BCUT2D eigenvalue weighted by molar-refractivity contribution is -0.163. The molecule has 1 aromatic rings. The Morgan fingerprint density at radius 3 is 2.10 bits per heavy atom. The van der Waals surface area contributed by atoms with Crippen LogP contribution in [0, 0.1) is 52.3 Å². The third-order valence-electron chi connectivity index (χ3n) is 14.0. The van der Waals surface area contributed by atoms with E-state index < -0.39 is 29.2 Å². The van der Waals surface area contributed by atoms with Gasteiger partial charge >= 0.3 is 18.3 Å². The number of hydrogen-bond acceptors (Lipinski definition) is 3. The first kappa shape index (κ1) is 39.3. The van der Waals surface area contributed by atoms with Gasteiger partial charge in [-0.05, 0) is 148 Å². The Labute approximate surface area is 296 Å². The van der Waals surface area contributed by atoms with Crippen LogP contribution in [0.15, 0.2) is 18.2 Å². The summed E-state index contributed by atoms with van der Waals surface area (Å²) in [5.41, 5.74) is -2.00. The molecule has 0 aliphatic heterocycles. The van der Waals surface area contributed by atoms with Gasteiger partial charge in [-0.3, -0.25) is 4.79 Å². The molecule has 9 unspecified atom stereocenters. The van der Waals surface area contributed by atoms with E-state index in [4.69, 9.17) is 9.47 Å². The van der Waals surface area contributed by atoms with Crippen LogP contribution < -0.4 is 4.74 Å². The molecule has 0 aromatic heterocycles. The average Bonchev–Trinajstić information content (AvgIpc) is 3.39. The molecule has 9 atom stereocenters. The first-order valence-corrected chi connectivity index (χ1v) is 19.5. The van der Waals surface area contributed by atoms with Crippen LogP contribution in [0.5, 0.6) is 5.75 Å². The van der Waals surface area contributed by atoms with Gasteiger partial charge in [-0.25, -0.2) is 0 Å². The zero-order valence-corrected chi connectivity index (χ0v) is 30.9. The predicted molar refractivity (Wildman–Crippen MR) is 183 cm³/mol. The second-order valence-corrected chi connectivity index (χ2v) is 17.5. The minimum Gasteiger partial charge on any atom is -0.494 e. The number of benzene rings is 1. The summed E-state index contributed by atoms with van der Waals surface area (Å²) in [5, 5.41) is 0. The molecule has 3 nitrogen and oxygen atoms in total. The third kappa shape index (κ3) is 8.81. The molecule has 4 saturated carbocycles. The highest BCUT2D eigenvalue weighted by molar-refractivity contribution is 5.69. The van der Waals surface area contributed by atoms with Crippen LogP contribution in [0.3, 0.4) is 0 Å². The van der Waals surface area contributed by atoms with Crippen molar-refractivity contribution in [1.82, 2.24) is 0 Å². The van der Waals surface area contributed by atoms with E-state index in [1.165, 1.54) is 57.8 Å². The number of unbranched alkanes of at least 4 members (excludes halogenated alkanes) is 2. The summed E-state index contributed by atoms with van der Waals surface area (Å²) in [6.07, 6.45) is 6.85. The Hall–Kier alpha value is -1.93. The van der Waals surface area contributed by atoms with Crippen molar-refractivity contribution in [2.45, 2.75) is 156 Å². The zero-order chi connectivity index (χ0) is 36.5. The second kappa shape index (κ2) is 15.6. The quantitative estimate of drug-likeness (QED) is 0.116. The fourth-order valence-corrected chi connectivity index (χ4v) is 11.3. The maximum absolute atomic E-state index is 13.1. The first-order chi connectivity index (χ1) is 23.4. The van der Waals surface area contributed by atoms with Crippen molar-refractivity contribution in [3.8, 4) is 5.75 Å². The molecule has 4 aliphatic carbocycles. The van der Waals surface area contributed by atoms with Gasteiger partial charge in [0.2, 0.25) is 0 Å². The highest BCUT2D eigenvalue weighted by Crippen LogP contribution is 2.68. The van der Waals surface area contributed by atoms with E-state index >= 15 is 0 Å². The molecule has 284 valence electrons. The smallest absolute Gasteiger partial charge is 0.416 e. The van der Waals surface area contributed by atoms with Crippen LogP contribution in [-0.4, -0.2) is 18.7 Å². The summed E-state index contributed by atoms with van der Waals surface area (Å²) >= 11 is 0. The van der Waals surface area contributed by atoms with Crippen LogP contribution in [0.25, 0.3) is 0 Å². The summed E-state index contributed by atoms with van der Waals surface area (Å²) in [5.74, 6) is 4.77. The van der Waals surface area contributed by atoms with Crippen molar-refractivity contribution >= 4 is 5.97 Å². The van der Waals surface area contributed by atoms with Crippen molar-refractivity contribution in [1.29, 1.82) is 0 Å². The molecular formula is C41H60F6O3. The van der Waals surface area contributed by atoms with Gasteiger partial charge in [0.1, 0.15) is 11.9 Å². The second-order valence-electron chi connectivity index (χ2n) is 17.5. The van der Waals surface area contributed by atoms with E-state index in [9.17, 15) is 31.1 Å². The number of halogens is 6. The summed E-state index contributed by atoms with van der Waals surface area (Å²) in [6, 6.07) is 1.25. The number of esters is 1. The maximum Gasteiger partial charge on any atom is 0.416 e. The standard InChI is InChI=1S/C41H60F6O3/c1-26(2)10-9-11-27(3)34-15-16-35-33-14-13-28-23-31(17-19-38(28,4)36(33)18-20-39(34,35)5)50-37(48)12-7-6-8-21-49-32-24-29(40(42,43)44)22-30(25-32)41(45,46)47/h22,24-28,31,33-36H,6-21,23H2,1-5H3. The zero-order valence-electron chi connectivity index (χ0n) is 30.9. The highest BCUT2D eigenvalue weighted by Gasteiger charge is 2.60. The van der Waals surface area contributed by atoms with Crippen LogP contribution in [0.4, 0.5) is 26.3 Å². The summed E-state index contributed by atoms with van der Waals surface area (Å²) in [6.45, 7) is 12.3. The van der Waals surface area contributed by atoms with Crippen LogP contribution in [0.2, 0.25) is 0 Å². The maximum atomic E-state index is 13.1.